The highest BCUT2D eigenvalue weighted by Gasteiger charge is 2.50. The zero-order chi connectivity index (χ0) is 36.8. The zero-order valence-electron chi connectivity index (χ0n) is 28.4. The number of nitrogens with one attached hydrogen (secondary N) is 4. The highest BCUT2D eigenvalue weighted by Crippen LogP contribution is 2.29. The lowest BCUT2D eigenvalue weighted by molar-refractivity contribution is -0.154. The molecule has 0 aliphatic carbocycles. The number of nitrogens with zero attached hydrogens (tertiary/aromatic N) is 1. The number of alkyl halides is 4. The van der Waals surface area contributed by atoms with E-state index in [-0.39, 0.29) is 31.9 Å². The van der Waals surface area contributed by atoms with Gasteiger partial charge in [0.2, 0.25) is 23.6 Å². The first-order chi connectivity index (χ1) is 23.7. The number of halogens is 4. The van der Waals surface area contributed by atoms with Gasteiger partial charge in [-0.2, -0.15) is 17.6 Å². The second-order valence-corrected chi connectivity index (χ2v) is 13.0. The summed E-state index contributed by atoms with van der Waals surface area (Å²) >= 11 is 0. The molecule has 280 valence electrons. The number of Topliss-reactive ketones (excluding diaryl/α,β-unsaturated/α-hetero) is 1. The molecule has 3 rings (SSSR count). The number of hydrogen-bond acceptors (Lipinski definition) is 9. The number of carbonyl (C=O) groups excluding carboxylic acids is 5. The molecule has 1 aromatic carbocycles. The van der Waals surface area contributed by atoms with Crippen LogP contribution in [0.2, 0.25) is 0 Å². The maximum atomic E-state index is 13.6. The first-order valence-electron chi connectivity index (χ1n) is 16.6. The van der Waals surface area contributed by atoms with E-state index in [0.29, 0.717) is 18.7 Å². The Bertz CT molecular complexity index is 1280. The van der Waals surface area contributed by atoms with Gasteiger partial charge in [-0.3, -0.25) is 28.9 Å². The Morgan fingerprint density at radius 1 is 0.780 bits per heavy atom. The number of rotatable bonds is 21. The molecule has 2 saturated heterocycles. The van der Waals surface area contributed by atoms with Crippen molar-refractivity contribution < 1.29 is 55.7 Å². The number of benzene rings is 1. The second-order valence-electron chi connectivity index (χ2n) is 13.0. The van der Waals surface area contributed by atoms with Crippen LogP contribution in [-0.4, -0.2) is 117 Å². The molecule has 4 amide bonds. The van der Waals surface area contributed by atoms with Crippen molar-refractivity contribution in [3.8, 4) is 0 Å². The van der Waals surface area contributed by atoms with Gasteiger partial charge in [0.25, 0.3) is 0 Å². The summed E-state index contributed by atoms with van der Waals surface area (Å²) in [6, 6.07) is 2.52. The average Bonchev–Trinajstić information content (AvgIpc) is 3.82. The normalized spacial score (nSPS) is 20.1. The molecule has 4 N–H and O–H groups in total. The van der Waals surface area contributed by atoms with Gasteiger partial charge in [-0.25, -0.2) is 0 Å². The van der Waals surface area contributed by atoms with Crippen LogP contribution in [0.15, 0.2) is 30.3 Å². The Labute approximate surface area is 288 Å². The molecule has 0 aromatic heterocycles. The largest absolute Gasteiger partial charge is 0.361 e. The number of amides is 4. The summed E-state index contributed by atoms with van der Waals surface area (Å²) in [5, 5.41) is 9.56. The number of ether oxygens (including phenoxy) is 3. The quantitative estimate of drug-likeness (QED) is 0.109. The molecule has 17 heteroatoms. The van der Waals surface area contributed by atoms with E-state index in [2.05, 4.69) is 30.7 Å². The summed E-state index contributed by atoms with van der Waals surface area (Å²) in [6.07, 6.45) is 3.03. The topological polar surface area (TPSA) is 168 Å². The van der Waals surface area contributed by atoms with Crippen LogP contribution in [-0.2, 0) is 44.6 Å². The fourth-order valence-electron chi connectivity index (χ4n) is 5.46. The van der Waals surface area contributed by atoms with Gasteiger partial charge in [-0.1, -0.05) is 50.6 Å². The van der Waals surface area contributed by atoms with Gasteiger partial charge in [0, 0.05) is 6.42 Å². The molecular formula is C33H47F4N5O8. The summed E-state index contributed by atoms with van der Waals surface area (Å²) in [7, 11) is 0. The van der Waals surface area contributed by atoms with E-state index in [0.717, 1.165) is 19.3 Å². The highest BCUT2D eigenvalue weighted by atomic mass is 19.3. The Balaban J connectivity index is 1.78. The van der Waals surface area contributed by atoms with E-state index in [1.54, 1.807) is 44.2 Å². The van der Waals surface area contributed by atoms with Crippen LogP contribution in [0.4, 0.5) is 17.6 Å². The minimum atomic E-state index is -3.36. The van der Waals surface area contributed by atoms with Crippen LogP contribution < -0.4 is 21.3 Å². The standard InChI is InChI=1S/C33H47F4N5O8/c1-20(2)14-22(27(44)33(3)19-50-33)39-29(46)24(17-48-31(34)35)41-30(47)25(18-49-32(36)37)40-28(45)23(15-21-10-6-4-7-11-21)38-26(43)16-42-12-8-5-9-13-42/h4,6-7,10-11,20,22-25,31-32H,5,8-9,12-19H2,1-3H3,(H,38,43)(H,39,46)(H,40,45)(H,41,47)/t22-,23-,24-,25-,33+/m0/s1. The fourth-order valence-corrected chi connectivity index (χ4v) is 5.46. The van der Waals surface area contributed by atoms with Crippen molar-refractivity contribution in [2.24, 2.45) is 5.92 Å². The lowest BCUT2D eigenvalue weighted by atomic mass is 9.93. The van der Waals surface area contributed by atoms with Crippen molar-refractivity contribution in [3.63, 3.8) is 0 Å². The third kappa shape index (κ3) is 13.9. The number of hydrogen-bond donors (Lipinski definition) is 4. The number of carbonyl (C=O) groups is 5. The molecule has 0 bridgehead atoms. The summed E-state index contributed by atoms with van der Waals surface area (Å²) in [6.45, 7) is -2.18. The Morgan fingerprint density at radius 3 is 1.76 bits per heavy atom. The minimum absolute atomic E-state index is 0.0174. The molecule has 1 aromatic rings. The monoisotopic (exact) mass is 717 g/mol. The van der Waals surface area contributed by atoms with Crippen molar-refractivity contribution in [3.05, 3.63) is 35.9 Å². The van der Waals surface area contributed by atoms with Crippen LogP contribution in [0, 0.1) is 5.92 Å². The van der Waals surface area contributed by atoms with Crippen molar-refractivity contribution in [1.82, 2.24) is 26.2 Å². The lowest BCUT2D eigenvalue weighted by Crippen LogP contribution is -2.60. The van der Waals surface area contributed by atoms with E-state index in [9.17, 15) is 41.5 Å². The van der Waals surface area contributed by atoms with E-state index in [1.165, 1.54) is 6.92 Å². The van der Waals surface area contributed by atoms with Crippen molar-refractivity contribution in [2.45, 2.75) is 95.9 Å². The fraction of sp³-hybridized carbons (Fsp3) is 0.667. The maximum absolute atomic E-state index is 13.6. The van der Waals surface area contributed by atoms with Crippen molar-refractivity contribution in [2.75, 3.05) is 39.5 Å². The smallest absolute Gasteiger partial charge is 0.345 e. The van der Waals surface area contributed by atoms with Gasteiger partial charge < -0.3 is 35.5 Å². The molecule has 13 nitrogen and oxygen atoms in total. The van der Waals surface area contributed by atoms with Crippen LogP contribution in [0.1, 0.15) is 52.0 Å². The summed E-state index contributed by atoms with van der Waals surface area (Å²) in [4.78, 5) is 68.3. The van der Waals surface area contributed by atoms with Crippen molar-refractivity contribution in [1.29, 1.82) is 0 Å². The summed E-state index contributed by atoms with van der Waals surface area (Å²) < 4.78 is 66.2. The molecule has 50 heavy (non-hydrogen) atoms. The summed E-state index contributed by atoms with van der Waals surface area (Å²) in [5.74, 6) is -4.27. The van der Waals surface area contributed by atoms with E-state index in [4.69, 9.17) is 4.74 Å². The van der Waals surface area contributed by atoms with E-state index < -0.39 is 85.6 Å². The number of likely N-dealkylation sites (tertiary alicyclic amines) is 1. The van der Waals surface area contributed by atoms with Crippen LogP contribution in [0.3, 0.4) is 0 Å². The van der Waals surface area contributed by atoms with E-state index in [1.807, 2.05) is 4.90 Å². The Hall–Kier alpha value is -3.67. The first-order valence-corrected chi connectivity index (χ1v) is 16.6. The molecule has 5 atom stereocenters. The van der Waals surface area contributed by atoms with Gasteiger partial charge in [0.15, 0.2) is 5.78 Å². The van der Waals surface area contributed by atoms with Crippen LogP contribution in [0.5, 0.6) is 0 Å². The third-order valence-corrected chi connectivity index (χ3v) is 8.23. The van der Waals surface area contributed by atoms with Gasteiger partial charge in [0.1, 0.15) is 23.7 Å². The number of epoxide rings is 1. The van der Waals surface area contributed by atoms with Gasteiger partial charge in [0.05, 0.1) is 32.4 Å². The molecule has 0 unspecified atom stereocenters. The summed E-state index contributed by atoms with van der Waals surface area (Å²) in [5.41, 5.74) is -0.486. The lowest BCUT2D eigenvalue weighted by Gasteiger charge is -2.28. The first kappa shape index (κ1) is 40.8. The minimum Gasteiger partial charge on any atom is -0.361 e. The predicted octanol–water partition coefficient (Wildman–Crippen LogP) is 1.54. The molecule has 0 spiro atoms. The number of ketones is 1. The predicted molar refractivity (Wildman–Crippen MR) is 171 cm³/mol. The maximum Gasteiger partial charge on any atom is 0.345 e. The molecule has 2 aliphatic rings. The molecule has 0 radical (unpaired) electrons. The van der Waals surface area contributed by atoms with E-state index >= 15 is 0 Å². The second kappa shape index (κ2) is 19.7. The Kier molecular flexibility index (Phi) is 16.0. The zero-order valence-corrected chi connectivity index (χ0v) is 28.4. The number of piperidine rings is 1. The van der Waals surface area contributed by atoms with Crippen molar-refractivity contribution >= 4 is 29.4 Å². The van der Waals surface area contributed by atoms with Gasteiger partial charge in [-0.15, -0.1) is 0 Å². The van der Waals surface area contributed by atoms with Gasteiger partial charge in [-0.05, 0) is 50.8 Å². The van der Waals surface area contributed by atoms with Crippen LogP contribution in [0.25, 0.3) is 0 Å². The Morgan fingerprint density at radius 2 is 1.28 bits per heavy atom. The third-order valence-electron chi connectivity index (χ3n) is 8.23. The average molecular weight is 718 g/mol. The molecule has 2 aliphatic heterocycles. The van der Waals surface area contributed by atoms with Crippen LogP contribution >= 0.6 is 0 Å². The highest BCUT2D eigenvalue weighted by molar-refractivity contribution is 5.98. The molecule has 0 saturated carbocycles. The van der Waals surface area contributed by atoms with Gasteiger partial charge >= 0.3 is 13.2 Å². The molecule has 2 fully saturated rings. The molecule has 2 heterocycles. The SMILES string of the molecule is CC(C)C[C@H](NC(=O)[C@H](COC(F)F)NC(=O)[C@H](COC(F)F)NC(=O)[C@H](Cc1ccccc1)NC(=O)CN1CCCCC1)C(=O)[C@@]1(C)CO1. The molecular weight excluding hydrogens is 670 g/mol.